The molecule has 0 fully saturated rings. The Labute approximate surface area is 141 Å². The predicted molar refractivity (Wildman–Crippen MR) is 95.8 cm³/mol. The SMILES string of the molecule is CCC(CO)NC(=O)c1ccc2c(-c3cccnc3)cccc2c1. The van der Waals surface area contributed by atoms with E-state index < -0.39 is 0 Å². The van der Waals surface area contributed by atoms with Gasteiger partial charge in [0, 0.05) is 23.5 Å². The first-order valence-electron chi connectivity index (χ1n) is 8.08. The Morgan fingerprint density at radius 1 is 1.21 bits per heavy atom. The summed E-state index contributed by atoms with van der Waals surface area (Å²) in [7, 11) is 0. The van der Waals surface area contributed by atoms with Crippen LogP contribution >= 0.6 is 0 Å². The summed E-state index contributed by atoms with van der Waals surface area (Å²) in [5.41, 5.74) is 2.73. The zero-order valence-electron chi connectivity index (χ0n) is 13.6. The smallest absolute Gasteiger partial charge is 0.251 e. The minimum Gasteiger partial charge on any atom is -0.394 e. The number of aromatic nitrogens is 1. The second kappa shape index (κ2) is 7.23. The van der Waals surface area contributed by atoms with Crippen LogP contribution in [0.15, 0.2) is 60.9 Å². The molecule has 1 amide bonds. The van der Waals surface area contributed by atoms with E-state index in [0.29, 0.717) is 12.0 Å². The van der Waals surface area contributed by atoms with Crippen LogP contribution in [0, 0.1) is 0 Å². The van der Waals surface area contributed by atoms with Crippen molar-refractivity contribution in [1.29, 1.82) is 0 Å². The maximum Gasteiger partial charge on any atom is 0.251 e. The van der Waals surface area contributed by atoms with E-state index in [1.807, 2.05) is 55.6 Å². The summed E-state index contributed by atoms with van der Waals surface area (Å²) in [5.74, 6) is -0.162. The van der Waals surface area contributed by atoms with Crippen molar-refractivity contribution in [2.45, 2.75) is 19.4 Å². The minimum absolute atomic E-state index is 0.0546. The molecule has 1 aromatic heterocycles. The largest absolute Gasteiger partial charge is 0.394 e. The molecular weight excluding hydrogens is 300 g/mol. The van der Waals surface area contributed by atoms with Gasteiger partial charge in [-0.05, 0) is 41.0 Å². The Bertz CT molecular complexity index is 843. The first kappa shape index (κ1) is 16.1. The lowest BCUT2D eigenvalue weighted by Gasteiger charge is -2.14. The molecule has 1 heterocycles. The fraction of sp³-hybridized carbons (Fsp3) is 0.200. The molecule has 1 unspecified atom stereocenters. The molecule has 0 radical (unpaired) electrons. The van der Waals surface area contributed by atoms with Crippen molar-refractivity contribution in [2.24, 2.45) is 0 Å². The van der Waals surface area contributed by atoms with Gasteiger partial charge in [0.2, 0.25) is 0 Å². The predicted octanol–water partition coefficient (Wildman–Crippen LogP) is 3.40. The van der Waals surface area contributed by atoms with Gasteiger partial charge in [0.05, 0.1) is 12.6 Å². The van der Waals surface area contributed by atoms with Gasteiger partial charge in [0.25, 0.3) is 5.91 Å². The van der Waals surface area contributed by atoms with Gasteiger partial charge in [0.15, 0.2) is 0 Å². The van der Waals surface area contributed by atoms with Gasteiger partial charge in [-0.1, -0.05) is 37.3 Å². The van der Waals surface area contributed by atoms with Crippen LogP contribution in [0.5, 0.6) is 0 Å². The Balaban J connectivity index is 1.97. The third-order valence-corrected chi connectivity index (χ3v) is 4.16. The van der Waals surface area contributed by atoms with E-state index in [9.17, 15) is 9.90 Å². The molecule has 0 aliphatic heterocycles. The van der Waals surface area contributed by atoms with Crippen LogP contribution in [-0.2, 0) is 0 Å². The number of hydrogen-bond acceptors (Lipinski definition) is 3. The summed E-state index contributed by atoms with van der Waals surface area (Å²) in [6, 6.07) is 15.4. The van der Waals surface area contributed by atoms with E-state index in [2.05, 4.69) is 16.4 Å². The van der Waals surface area contributed by atoms with Crippen LogP contribution < -0.4 is 5.32 Å². The monoisotopic (exact) mass is 320 g/mol. The zero-order valence-corrected chi connectivity index (χ0v) is 13.6. The number of amides is 1. The number of nitrogens with one attached hydrogen (secondary N) is 1. The highest BCUT2D eigenvalue weighted by Crippen LogP contribution is 2.28. The first-order chi connectivity index (χ1) is 11.7. The molecule has 0 saturated heterocycles. The van der Waals surface area contributed by atoms with E-state index in [0.717, 1.165) is 21.9 Å². The number of pyridine rings is 1. The highest BCUT2D eigenvalue weighted by Gasteiger charge is 2.12. The van der Waals surface area contributed by atoms with Crippen molar-refractivity contribution in [2.75, 3.05) is 6.61 Å². The summed E-state index contributed by atoms with van der Waals surface area (Å²) in [6.07, 6.45) is 4.28. The quantitative estimate of drug-likeness (QED) is 0.757. The molecule has 0 saturated carbocycles. The highest BCUT2D eigenvalue weighted by atomic mass is 16.3. The lowest BCUT2D eigenvalue weighted by atomic mass is 9.98. The number of carbonyl (C=O) groups excluding carboxylic acids is 1. The molecule has 2 aromatic carbocycles. The van der Waals surface area contributed by atoms with Gasteiger partial charge >= 0.3 is 0 Å². The number of aliphatic hydroxyl groups is 1. The van der Waals surface area contributed by atoms with Crippen LogP contribution in [0.3, 0.4) is 0 Å². The molecule has 3 aromatic rings. The van der Waals surface area contributed by atoms with Gasteiger partial charge in [-0.3, -0.25) is 9.78 Å². The second-order valence-corrected chi connectivity index (χ2v) is 5.74. The van der Waals surface area contributed by atoms with Crippen molar-refractivity contribution in [1.82, 2.24) is 10.3 Å². The molecule has 2 N–H and O–H groups in total. The molecule has 3 rings (SSSR count). The fourth-order valence-electron chi connectivity index (χ4n) is 2.74. The summed E-state index contributed by atoms with van der Waals surface area (Å²) < 4.78 is 0. The van der Waals surface area contributed by atoms with Crippen LogP contribution in [0.2, 0.25) is 0 Å². The number of carbonyl (C=O) groups is 1. The maximum absolute atomic E-state index is 12.3. The molecule has 0 aliphatic rings. The van der Waals surface area contributed by atoms with E-state index in [1.54, 1.807) is 6.20 Å². The van der Waals surface area contributed by atoms with Crippen LogP contribution in [0.25, 0.3) is 21.9 Å². The summed E-state index contributed by atoms with van der Waals surface area (Å²) in [5, 5.41) is 14.2. The Hall–Kier alpha value is -2.72. The minimum atomic E-state index is -0.213. The van der Waals surface area contributed by atoms with E-state index >= 15 is 0 Å². The number of nitrogens with zero attached hydrogens (tertiary/aromatic N) is 1. The standard InChI is InChI=1S/C20H20N2O2/c1-2-17(13-23)22-20(24)15-8-9-19-14(11-15)5-3-7-18(19)16-6-4-10-21-12-16/h3-12,17,23H,2,13H2,1H3,(H,22,24). The molecule has 24 heavy (non-hydrogen) atoms. The summed E-state index contributed by atoms with van der Waals surface area (Å²) in [4.78, 5) is 16.5. The van der Waals surface area contributed by atoms with Crippen LogP contribution in [0.1, 0.15) is 23.7 Å². The van der Waals surface area contributed by atoms with Gasteiger partial charge in [-0.2, -0.15) is 0 Å². The highest BCUT2D eigenvalue weighted by molar-refractivity contribution is 6.02. The molecule has 0 spiro atoms. The van der Waals surface area contributed by atoms with Crippen LogP contribution in [-0.4, -0.2) is 28.6 Å². The van der Waals surface area contributed by atoms with E-state index in [4.69, 9.17) is 0 Å². The van der Waals surface area contributed by atoms with Crippen molar-refractivity contribution in [3.05, 3.63) is 66.5 Å². The molecule has 0 bridgehead atoms. The summed E-state index contributed by atoms with van der Waals surface area (Å²) >= 11 is 0. The number of hydrogen-bond donors (Lipinski definition) is 2. The molecule has 122 valence electrons. The van der Waals surface area contributed by atoms with Gasteiger partial charge in [0.1, 0.15) is 0 Å². The van der Waals surface area contributed by atoms with Crippen molar-refractivity contribution < 1.29 is 9.90 Å². The Morgan fingerprint density at radius 3 is 2.79 bits per heavy atom. The molecule has 0 aliphatic carbocycles. The number of rotatable bonds is 5. The lowest BCUT2D eigenvalue weighted by Crippen LogP contribution is -2.36. The maximum atomic E-state index is 12.3. The lowest BCUT2D eigenvalue weighted by molar-refractivity contribution is 0.0915. The zero-order chi connectivity index (χ0) is 16.9. The molecule has 4 heteroatoms. The average Bonchev–Trinajstić information content (AvgIpc) is 2.65. The van der Waals surface area contributed by atoms with Gasteiger partial charge in [-0.25, -0.2) is 0 Å². The average molecular weight is 320 g/mol. The Kier molecular flexibility index (Phi) is 4.87. The van der Waals surface area contributed by atoms with Crippen molar-refractivity contribution in [3.8, 4) is 11.1 Å². The van der Waals surface area contributed by atoms with Crippen molar-refractivity contribution >= 4 is 16.7 Å². The van der Waals surface area contributed by atoms with E-state index in [1.165, 1.54) is 0 Å². The number of aliphatic hydroxyl groups excluding tert-OH is 1. The normalized spacial score (nSPS) is 12.1. The number of benzene rings is 2. The van der Waals surface area contributed by atoms with E-state index in [-0.39, 0.29) is 18.6 Å². The van der Waals surface area contributed by atoms with Gasteiger partial charge in [-0.15, -0.1) is 0 Å². The van der Waals surface area contributed by atoms with Crippen LogP contribution in [0.4, 0.5) is 0 Å². The topological polar surface area (TPSA) is 62.2 Å². The molecular formula is C20H20N2O2. The second-order valence-electron chi connectivity index (χ2n) is 5.74. The Morgan fingerprint density at radius 2 is 2.08 bits per heavy atom. The third-order valence-electron chi connectivity index (χ3n) is 4.16. The molecule has 1 atom stereocenters. The third kappa shape index (κ3) is 3.29. The first-order valence-corrected chi connectivity index (χ1v) is 8.08. The number of fused-ring (bicyclic) bond motifs is 1. The fourth-order valence-corrected chi connectivity index (χ4v) is 2.74. The van der Waals surface area contributed by atoms with Crippen molar-refractivity contribution in [3.63, 3.8) is 0 Å². The van der Waals surface area contributed by atoms with Gasteiger partial charge < -0.3 is 10.4 Å². The molecule has 4 nitrogen and oxygen atoms in total. The summed E-state index contributed by atoms with van der Waals surface area (Å²) in [6.45, 7) is 1.88.